The summed E-state index contributed by atoms with van der Waals surface area (Å²) in [5.74, 6) is 5.28. The molecule has 0 amide bonds. The first-order valence-corrected chi connectivity index (χ1v) is 3.40. The minimum Gasteiger partial charge on any atom is -0.480 e. The van der Waals surface area contributed by atoms with Crippen LogP contribution in [0, 0.1) is 17.7 Å². The number of nitrogens with zero attached hydrogens (tertiary/aromatic N) is 1. The zero-order valence-corrected chi connectivity index (χ0v) is 6.89. The monoisotopic (exact) mass is 165 g/mol. The van der Waals surface area contributed by atoms with Crippen LogP contribution >= 0.6 is 0 Å². The minimum absolute atomic E-state index is 0.353. The fourth-order valence-electron chi connectivity index (χ4n) is 0.814. The maximum Gasteiger partial charge on any atom is 0.229 e. The van der Waals surface area contributed by atoms with Crippen LogP contribution in [0.1, 0.15) is 12.5 Å². The summed E-state index contributed by atoms with van der Waals surface area (Å²) >= 11 is 0. The summed E-state index contributed by atoms with van der Waals surface area (Å²) in [4.78, 5) is 3.72. The molecule has 0 N–H and O–H groups in total. The largest absolute Gasteiger partial charge is 0.480 e. The van der Waals surface area contributed by atoms with E-state index < -0.39 is 5.82 Å². The minimum atomic E-state index is -0.409. The molecule has 1 rings (SSSR count). The average molecular weight is 165 g/mol. The molecule has 0 aliphatic rings. The lowest BCUT2D eigenvalue weighted by molar-refractivity contribution is 0.394. The van der Waals surface area contributed by atoms with Crippen molar-refractivity contribution in [2.45, 2.75) is 6.92 Å². The molecule has 0 saturated heterocycles. The third kappa shape index (κ3) is 1.73. The van der Waals surface area contributed by atoms with Crippen LogP contribution < -0.4 is 4.74 Å². The summed E-state index contributed by atoms with van der Waals surface area (Å²) in [7, 11) is 1.47. The van der Waals surface area contributed by atoms with E-state index in [2.05, 4.69) is 16.8 Å². The van der Waals surface area contributed by atoms with E-state index in [0.717, 1.165) is 6.20 Å². The highest BCUT2D eigenvalue weighted by atomic mass is 19.1. The molecule has 0 unspecified atom stereocenters. The maximum atomic E-state index is 12.6. The summed E-state index contributed by atoms with van der Waals surface area (Å²) in [5.41, 5.74) is 0.472. The second-order valence-corrected chi connectivity index (χ2v) is 2.09. The molecule has 1 heterocycles. The Balaban J connectivity index is 3.18. The highest BCUT2D eigenvalue weighted by molar-refractivity contribution is 5.41. The lowest BCUT2D eigenvalue weighted by Crippen LogP contribution is -1.92. The van der Waals surface area contributed by atoms with Gasteiger partial charge in [-0.3, -0.25) is 0 Å². The van der Waals surface area contributed by atoms with Gasteiger partial charge in [0.15, 0.2) is 0 Å². The van der Waals surface area contributed by atoms with Crippen molar-refractivity contribution in [3.63, 3.8) is 0 Å². The second kappa shape index (κ2) is 3.72. The molecule has 2 nitrogen and oxygen atoms in total. The van der Waals surface area contributed by atoms with E-state index in [-0.39, 0.29) is 0 Å². The number of methoxy groups -OCH3 is 1. The number of rotatable bonds is 1. The van der Waals surface area contributed by atoms with Crippen molar-refractivity contribution in [3.05, 3.63) is 23.6 Å². The van der Waals surface area contributed by atoms with Crippen LogP contribution in [0.2, 0.25) is 0 Å². The average Bonchev–Trinajstić information content (AvgIpc) is 2.05. The van der Waals surface area contributed by atoms with Crippen LogP contribution in [0.4, 0.5) is 4.39 Å². The topological polar surface area (TPSA) is 22.1 Å². The van der Waals surface area contributed by atoms with E-state index in [0.29, 0.717) is 11.4 Å². The molecule has 62 valence electrons. The Hall–Kier alpha value is -1.56. The molecule has 3 heteroatoms. The van der Waals surface area contributed by atoms with Crippen molar-refractivity contribution in [2.75, 3.05) is 7.11 Å². The van der Waals surface area contributed by atoms with Gasteiger partial charge in [0.05, 0.1) is 18.9 Å². The van der Waals surface area contributed by atoms with Crippen LogP contribution in [0.15, 0.2) is 12.3 Å². The van der Waals surface area contributed by atoms with Crippen molar-refractivity contribution in [2.24, 2.45) is 0 Å². The van der Waals surface area contributed by atoms with Gasteiger partial charge < -0.3 is 4.74 Å². The molecule has 1 aromatic rings. The van der Waals surface area contributed by atoms with Gasteiger partial charge in [-0.25, -0.2) is 9.37 Å². The number of hydrogen-bond acceptors (Lipinski definition) is 2. The Labute approximate surface area is 70.4 Å². The Kier molecular flexibility index (Phi) is 2.65. The maximum absolute atomic E-state index is 12.6. The third-order valence-corrected chi connectivity index (χ3v) is 1.27. The van der Waals surface area contributed by atoms with E-state index in [1.165, 1.54) is 13.2 Å². The summed E-state index contributed by atoms with van der Waals surface area (Å²) < 4.78 is 17.5. The van der Waals surface area contributed by atoms with Crippen molar-refractivity contribution >= 4 is 0 Å². The Morgan fingerprint density at radius 3 is 2.92 bits per heavy atom. The zero-order chi connectivity index (χ0) is 8.97. The van der Waals surface area contributed by atoms with Crippen molar-refractivity contribution < 1.29 is 9.13 Å². The Bertz CT molecular complexity index is 338. The van der Waals surface area contributed by atoms with Gasteiger partial charge in [-0.05, 0) is 13.0 Å². The van der Waals surface area contributed by atoms with E-state index in [1.54, 1.807) is 6.92 Å². The van der Waals surface area contributed by atoms with Gasteiger partial charge in [0.2, 0.25) is 5.88 Å². The molecule has 0 aliphatic carbocycles. The van der Waals surface area contributed by atoms with Crippen molar-refractivity contribution in [3.8, 4) is 17.7 Å². The SMILES string of the molecule is CC#Cc1cc(F)cnc1OC. The third-order valence-electron chi connectivity index (χ3n) is 1.27. The number of aromatic nitrogens is 1. The van der Waals surface area contributed by atoms with E-state index in [9.17, 15) is 4.39 Å². The number of hydrogen-bond donors (Lipinski definition) is 0. The molecule has 0 aliphatic heterocycles. The van der Waals surface area contributed by atoms with Gasteiger partial charge in [-0.1, -0.05) is 5.92 Å². The number of pyridine rings is 1. The van der Waals surface area contributed by atoms with Crippen LogP contribution in [0.5, 0.6) is 5.88 Å². The summed E-state index contributed by atoms with van der Waals surface area (Å²) in [6, 6.07) is 1.29. The van der Waals surface area contributed by atoms with Crippen molar-refractivity contribution in [1.29, 1.82) is 0 Å². The number of ether oxygens (including phenoxy) is 1. The van der Waals surface area contributed by atoms with Crippen LogP contribution in [0.3, 0.4) is 0 Å². The quantitative estimate of drug-likeness (QED) is 0.589. The van der Waals surface area contributed by atoms with Crippen LogP contribution in [0.25, 0.3) is 0 Å². The lowest BCUT2D eigenvalue weighted by atomic mass is 10.3. The Morgan fingerprint density at radius 2 is 2.33 bits per heavy atom. The lowest BCUT2D eigenvalue weighted by Gasteiger charge is -2.00. The molecule has 0 spiro atoms. The molecule has 0 radical (unpaired) electrons. The fraction of sp³-hybridized carbons (Fsp3) is 0.222. The van der Waals surface area contributed by atoms with Gasteiger partial charge >= 0.3 is 0 Å². The number of halogens is 1. The molecule has 1 aromatic heterocycles. The summed E-state index contributed by atoms with van der Waals surface area (Å²) in [6.07, 6.45) is 1.10. The smallest absolute Gasteiger partial charge is 0.229 e. The normalized spacial score (nSPS) is 8.58. The van der Waals surface area contributed by atoms with Crippen molar-refractivity contribution in [1.82, 2.24) is 4.98 Å². The standard InChI is InChI=1S/C9H8FNO/c1-3-4-7-5-8(10)6-11-9(7)12-2/h5-6H,1-2H3. The first kappa shape index (κ1) is 8.54. The zero-order valence-electron chi connectivity index (χ0n) is 6.89. The summed E-state index contributed by atoms with van der Waals surface area (Å²) in [5, 5.41) is 0. The van der Waals surface area contributed by atoms with E-state index in [1.807, 2.05) is 0 Å². The highest BCUT2D eigenvalue weighted by Crippen LogP contribution is 2.13. The second-order valence-electron chi connectivity index (χ2n) is 2.09. The Morgan fingerprint density at radius 1 is 1.58 bits per heavy atom. The van der Waals surface area contributed by atoms with E-state index >= 15 is 0 Å². The molecule has 0 atom stereocenters. The molecule has 0 bridgehead atoms. The molecule has 0 saturated carbocycles. The molecule has 12 heavy (non-hydrogen) atoms. The molecule has 0 fully saturated rings. The predicted octanol–water partition coefficient (Wildman–Crippen LogP) is 1.60. The van der Waals surface area contributed by atoms with Gasteiger partial charge in [-0.15, -0.1) is 5.92 Å². The van der Waals surface area contributed by atoms with Gasteiger partial charge in [0, 0.05) is 0 Å². The van der Waals surface area contributed by atoms with Crippen LogP contribution in [-0.2, 0) is 0 Å². The van der Waals surface area contributed by atoms with Crippen LogP contribution in [-0.4, -0.2) is 12.1 Å². The predicted molar refractivity (Wildman–Crippen MR) is 43.3 cm³/mol. The van der Waals surface area contributed by atoms with Gasteiger partial charge in [0.25, 0.3) is 0 Å². The molecular weight excluding hydrogens is 157 g/mol. The van der Waals surface area contributed by atoms with Gasteiger partial charge in [0.1, 0.15) is 5.82 Å². The fourth-order valence-corrected chi connectivity index (χ4v) is 0.814. The molecular formula is C9H8FNO. The first-order valence-electron chi connectivity index (χ1n) is 3.40. The molecule has 0 aromatic carbocycles. The summed E-state index contributed by atoms with van der Waals surface area (Å²) in [6.45, 7) is 1.67. The van der Waals surface area contributed by atoms with Gasteiger partial charge in [-0.2, -0.15) is 0 Å². The van der Waals surface area contributed by atoms with E-state index in [4.69, 9.17) is 4.74 Å². The first-order chi connectivity index (χ1) is 5.77. The highest BCUT2D eigenvalue weighted by Gasteiger charge is 2.02.